The molecule has 7 heteroatoms. The van der Waals surface area contributed by atoms with E-state index < -0.39 is 6.09 Å². The van der Waals surface area contributed by atoms with Gasteiger partial charge in [0.2, 0.25) is 0 Å². The van der Waals surface area contributed by atoms with Gasteiger partial charge >= 0.3 is 6.09 Å². The van der Waals surface area contributed by atoms with Crippen molar-refractivity contribution in [3.63, 3.8) is 0 Å². The van der Waals surface area contributed by atoms with Crippen molar-refractivity contribution in [1.29, 1.82) is 0 Å². The Morgan fingerprint density at radius 1 is 1.52 bits per heavy atom. The molecule has 1 aliphatic heterocycles. The summed E-state index contributed by atoms with van der Waals surface area (Å²) >= 11 is 1.65. The highest BCUT2D eigenvalue weighted by Gasteiger charge is 2.20. The fraction of sp³-hybridized carbons (Fsp3) is 0.375. The van der Waals surface area contributed by atoms with Crippen LogP contribution < -0.4 is 10.2 Å². The Kier molecular flexibility index (Phi) is 5.07. The molecular weight excluding hydrogens is 312 g/mol. The standard InChI is InChI=1S/C16H20N4O2S/c1-23-7-6-22-16(21)19-13-3-2-12-4-5-20(15(12)8-13)10-14-9-17-11-18-14/h2-3,8-9,11H,4-7,10H2,1H3,(H,17,18)(H,19,21). The highest BCUT2D eigenvalue weighted by Crippen LogP contribution is 2.31. The molecule has 2 aromatic rings. The van der Waals surface area contributed by atoms with Crippen LogP contribution in [0.2, 0.25) is 0 Å². The van der Waals surface area contributed by atoms with Gasteiger partial charge in [0.15, 0.2) is 0 Å². The number of hydrogen-bond acceptors (Lipinski definition) is 5. The van der Waals surface area contributed by atoms with E-state index in [2.05, 4.69) is 26.3 Å². The molecule has 0 atom stereocenters. The molecule has 0 spiro atoms. The summed E-state index contributed by atoms with van der Waals surface area (Å²) < 4.78 is 5.12. The van der Waals surface area contributed by atoms with E-state index in [0.29, 0.717) is 6.61 Å². The number of nitrogens with zero attached hydrogens (tertiary/aromatic N) is 2. The number of H-pyrrole nitrogens is 1. The molecule has 23 heavy (non-hydrogen) atoms. The number of benzene rings is 1. The molecule has 0 saturated carbocycles. The normalized spacial score (nSPS) is 13.0. The second-order valence-corrected chi connectivity index (χ2v) is 6.31. The Balaban J connectivity index is 1.65. The van der Waals surface area contributed by atoms with Crippen molar-refractivity contribution in [3.8, 4) is 0 Å². The van der Waals surface area contributed by atoms with Gasteiger partial charge in [-0.05, 0) is 30.4 Å². The molecule has 0 saturated heterocycles. The second kappa shape index (κ2) is 7.41. The number of imidazole rings is 1. The highest BCUT2D eigenvalue weighted by atomic mass is 32.2. The molecule has 1 aliphatic rings. The van der Waals surface area contributed by atoms with Crippen LogP contribution in [-0.4, -0.2) is 41.2 Å². The van der Waals surface area contributed by atoms with E-state index in [1.54, 1.807) is 18.1 Å². The first-order valence-corrected chi connectivity index (χ1v) is 8.94. The first-order valence-electron chi connectivity index (χ1n) is 7.54. The number of carbonyl (C=O) groups is 1. The minimum Gasteiger partial charge on any atom is -0.448 e. The van der Waals surface area contributed by atoms with Crippen molar-refractivity contribution >= 4 is 29.2 Å². The smallest absolute Gasteiger partial charge is 0.411 e. The molecule has 122 valence electrons. The summed E-state index contributed by atoms with van der Waals surface area (Å²) in [5, 5.41) is 2.79. The summed E-state index contributed by atoms with van der Waals surface area (Å²) in [6, 6.07) is 5.99. The van der Waals surface area contributed by atoms with Crippen LogP contribution in [0.3, 0.4) is 0 Å². The van der Waals surface area contributed by atoms with Gasteiger partial charge in [-0.25, -0.2) is 9.78 Å². The van der Waals surface area contributed by atoms with Crippen molar-refractivity contribution in [3.05, 3.63) is 42.0 Å². The number of rotatable bonds is 6. The molecule has 1 aromatic carbocycles. The largest absolute Gasteiger partial charge is 0.448 e. The van der Waals surface area contributed by atoms with Gasteiger partial charge in [-0.3, -0.25) is 5.32 Å². The van der Waals surface area contributed by atoms with Gasteiger partial charge in [0.25, 0.3) is 0 Å². The van der Waals surface area contributed by atoms with Crippen LogP contribution in [0.25, 0.3) is 0 Å². The van der Waals surface area contributed by atoms with Gasteiger partial charge in [0.1, 0.15) is 6.61 Å². The van der Waals surface area contributed by atoms with Crippen molar-refractivity contribution in [2.24, 2.45) is 0 Å². The first-order chi connectivity index (χ1) is 11.3. The summed E-state index contributed by atoms with van der Waals surface area (Å²) in [5.74, 6) is 0.801. The summed E-state index contributed by atoms with van der Waals surface area (Å²) in [5.41, 5.74) is 4.20. The zero-order valence-corrected chi connectivity index (χ0v) is 13.9. The van der Waals surface area contributed by atoms with Crippen LogP contribution in [0.1, 0.15) is 11.3 Å². The predicted molar refractivity (Wildman–Crippen MR) is 93.1 cm³/mol. The third kappa shape index (κ3) is 3.98. The van der Waals surface area contributed by atoms with E-state index >= 15 is 0 Å². The maximum Gasteiger partial charge on any atom is 0.411 e. The van der Waals surface area contributed by atoms with Crippen LogP contribution in [0.15, 0.2) is 30.7 Å². The zero-order chi connectivity index (χ0) is 16.1. The minimum absolute atomic E-state index is 0.407. The minimum atomic E-state index is -0.407. The third-order valence-corrected chi connectivity index (χ3v) is 4.33. The lowest BCUT2D eigenvalue weighted by atomic mass is 10.1. The fourth-order valence-electron chi connectivity index (χ4n) is 2.63. The number of aromatic nitrogens is 2. The fourth-order valence-corrected chi connectivity index (χ4v) is 2.88. The molecule has 2 N–H and O–H groups in total. The van der Waals surface area contributed by atoms with E-state index in [-0.39, 0.29) is 0 Å². The van der Waals surface area contributed by atoms with Gasteiger partial charge in [0, 0.05) is 29.9 Å². The summed E-state index contributed by atoms with van der Waals surface area (Å²) in [6.45, 7) is 2.14. The van der Waals surface area contributed by atoms with Crippen molar-refractivity contribution in [2.45, 2.75) is 13.0 Å². The van der Waals surface area contributed by atoms with Crippen LogP contribution in [0.4, 0.5) is 16.2 Å². The Morgan fingerprint density at radius 2 is 2.43 bits per heavy atom. The molecule has 1 amide bonds. The number of nitrogens with one attached hydrogen (secondary N) is 2. The van der Waals surface area contributed by atoms with Crippen LogP contribution in [0.5, 0.6) is 0 Å². The Morgan fingerprint density at radius 3 is 3.22 bits per heavy atom. The molecular formula is C16H20N4O2S. The Hall–Kier alpha value is -2.15. The molecule has 0 radical (unpaired) electrons. The molecule has 0 fully saturated rings. The molecule has 0 unspecified atom stereocenters. The van der Waals surface area contributed by atoms with E-state index in [9.17, 15) is 4.79 Å². The molecule has 3 rings (SSSR count). The van der Waals surface area contributed by atoms with E-state index in [1.165, 1.54) is 5.56 Å². The maximum atomic E-state index is 11.8. The number of hydrogen-bond donors (Lipinski definition) is 2. The monoisotopic (exact) mass is 332 g/mol. The van der Waals surface area contributed by atoms with Gasteiger partial charge < -0.3 is 14.6 Å². The lowest BCUT2D eigenvalue weighted by Crippen LogP contribution is -2.20. The SMILES string of the molecule is CSCCOC(=O)Nc1ccc2c(c1)N(Cc1c[nH]cn1)CC2. The second-order valence-electron chi connectivity index (χ2n) is 5.33. The number of thioether (sulfide) groups is 1. The molecule has 0 bridgehead atoms. The van der Waals surface area contributed by atoms with E-state index in [1.807, 2.05) is 24.6 Å². The highest BCUT2D eigenvalue weighted by molar-refractivity contribution is 7.98. The van der Waals surface area contributed by atoms with E-state index in [4.69, 9.17) is 4.74 Å². The van der Waals surface area contributed by atoms with E-state index in [0.717, 1.165) is 42.3 Å². The lowest BCUT2D eigenvalue weighted by molar-refractivity contribution is 0.169. The number of fused-ring (bicyclic) bond motifs is 1. The van der Waals surface area contributed by atoms with Gasteiger partial charge in [-0.2, -0.15) is 11.8 Å². The molecule has 6 nitrogen and oxygen atoms in total. The Labute approximate surface area is 139 Å². The number of ether oxygens (including phenoxy) is 1. The van der Waals surface area contributed by atoms with Gasteiger partial charge in [-0.15, -0.1) is 0 Å². The van der Waals surface area contributed by atoms with Crippen molar-refractivity contribution < 1.29 is 9.53 Å². The summed E-state index contributed by atoms with van der Waals surface area (Å²) in [7, 11) is 0. The summed E-state index contributed by atoms with van der Waals surface area (Å²) in [6.07, 6.45) is 6.18. The molecule has 2 heterocycles. The number of aromatic amines is 1. The Bertz CT molecular complexity index is 660. The van der Waals surface area contributed by atoms with Crippen molar-refractivity contribution in [2.75, 3.05) is 35.4 Å². The topological polar surface area (TPSA) is 70.2 Å². The summed E-state index contributed by atoms with van der Waals surface area (Å²) in [4.78, 5) is 21.3. The average molecular weight is 332 g/mol. The molecule has 0 aliphatic carbocycles. The van der Waals surface area contributed by atoms with Crippen LogP contribution >= 0.6 is 11.8 Å². The number of anilines is 2. The zero-order valence-electron chi connectivity index (χ0n) is 13.0. The first kappa shape index (κ1) is 15.7. The van der Waals surface area contributed by atoms with Gasteiger partial charge in [-0.1, -0.05) is 6.07 Å². The third-order valence-electron chi connectivity index (χ3n) is 3.75. The number of amides is 1. The predicted octanol–water partition coefficient (Wildman–Crippen LogP) is 2.88. The number of carbonyl (C=O) groups excluding carboxylic acids is 1. The van der Waals surface area contributed by atoms with Crippen LogP contribution in [0, 0.1) is 0 Å². The average Bonchev–Trinajstić information content (AvgIpc) is 3.18. The maximum absolute atomic E-state index is 11.8. The van der Waals surface area contributed by atoms with Gasteiger partial charge in [0.05, 0.1) is 18.6 Å². The molecule has 1 aromatic heterocycles. The quantitative estimate of drug-likeness (QED) is 0.796. The lowest BCUT2D eigenvalue weighted by Gasteiger charge is -2.19. The van der Waals surface area contributed by atoms with Crippen LogP contribution in [-0.2, 0) is 17.7 Å². The van der Waals surface area contributed by atoms with Crippen molar-refractivity contribution in [1.82, 2.24) is 9.97 Å².